The third kappa shape index (κ3) is 3.42. The zero-order chi connectivity index (χ0) is 18.8. The number of ketones is 1. The normalized spacial score (nSPS) is 15.2. The van der Waals surface area contributed by atoms with Crippen LogP contribution < -0.4 is 0 Å². The number of aromatic hydroxyl groups is 1. The predicted molar refractivity (Wildman–Crippen MR) is 94.9 cm³/mol. The van der Waals surface area contributed by atoms with Gasteiger partial charge in [-0.05, 0) is 31.9 Å². The molecule has 1 saturated heterocycles. The fraction of sp³-hybridized carbons (Fsp3) is 0.421. The second-order valence-corrected chi connectivity index (χ2v) is 6.61. The molecular formula is C19H22N2O5. The van der Waals surface area contributed by atoms with Crippen molar-refractivity contribution in [2.45, 2.75) is 26.3 Å². The van der Waals surface area contributed by atoms with Gasteiger partial charge in [0.05, 0.1) is 18.5 Å². The largest absolute Gasteiger partial charge is 0.508 e. The number of phenols is 1. The van der Waals surface area contributed by atoms with Crippen molar-refractivity contribution in [2.24, 2.45) is 5.92 Å². The molecule has 0 radical (unpaired) electrons. The first-order valence-corrected chi connectivity index (χ1v) is 8.59. The number of likely N-dealkylation sites (tertiary alicyclic amines) is 1. The molecule has 0 spiro atoms. The Balaban J connectivity index is 1.77. The molecule has 0 saturated carbocycles. The molecule has 7 heteroatoms. The fourth-order valence-corrected chi connectivity index (χ4v) is 3.47. The van der Waals surface area contributed by atoms with E-state index in [1.807, 2.05) is 0 Å². The van der Waals surface area contributed by atoms with Gasteiger partial charge in [-0.15, -0.1) is 0 Å². The lowest BCUT2D eigenvalue weighted by molar-refractivity contribution is -0.149. The van der Waals surface area contributed by atoms with Gasteiger partial charge in [0, 0.05) is 36.3 Å². The number of aromatic nitrogens is 1. The van der Waals surface area contributed by atoms with Crippen LogP contribution in [0.15, 0.2) is 24.4 Å². The Hall–Kier alpha value is -2.83. The number of rotatable bonds is 4. The van der Waals surface area contributed by atoms with Crippen LogP contribution in [-0.2, 0) is 20.9 Å². The van der Waals surface area contributed by atoms with Gasteiger partial charge in [-0.3, -0.25) is 14.4 Å². The third-order valence-electron chi connectivity index (χ3n) is 4.93. The molecule has 1 aliphatic rings. The zero-order valence-electron chi connectivity index (χ0n) is 14.9. The Morgan fingerprint density at radius 1 is 1.23 bits per heavy atom. The average molecular weight is 358 g/mol. The van der Waals surface area contributed by atoms with Crippen molar-refractivity contribution in [2.75, 3.05) is 20.2 Å². The van der Waals surface area contributed by atoms with Gasteiger partial charge in [0.15, 0.2) is 5.78 Å². The lowest BCUT2D eigenvalue weighted by Gasteiger charge is -2.30. The highest BCUT2D eigenvalue weighted by Gasteiger charge is 2.28. The minimum atomic E-state index is -0.227. The van der Waals surface area contributed by atoms with E-state index in [0.29, 0.717) is 42.4 Å². The molecule has 2 heterocycles. The van der Waals surface area contributed by atoms with E-state index in [1.165, 1.54) is 20.1 Å². The Bertz CT molecular complexity index is 862. The number of carbonyl (C=O) groups is 3. The lowest BCUT2D eigenvalue weighted by atomic mass is 9.97. The van der Waals surface area contributed by atoms with Gasteiger partial charge < -0.3 is 19.3 Å². The van der Waals surface area contributed by atoms with Crippen LogP contribution in [0.1, 0.15) is 30.1 Å². The topological polar surface area (TPSA) is 88.8 Å². The molecule has 3 rings (SSSR count). The molecule has 1 N–H and O–H groups in total. The molecule has 0 atom stereocenters. The van der Waals surface area contributed by atoms with Crippen molar-refractivity contribution in [3.63, 3.8) is 0 Å². The molecule has 26 heavy (non-hydrogen) atoms. The zero-order valence-corrected chi connectivity index (χ0v) is 14.9. The minimum absolute atomic E-state index is 0.0795. The van der Waals surface area contributed by atoms with Gasteiger partial charge in [0.2, 0.25) is 5.91 Å². The number of carbonyl (C=O) groups excluding carboxylic acids is 3. The van der Waals surface area contributed by atoms with Crippen LogP contribution in [0, 0.1) is 5.92 Å². The van der Waals surface area contributed by atoms with Gasteiger partial charge in [0.25, 0.3) is 0 Å². The number of Topliss-reactive ketones (excluding diaryl/α,β-unsaturated/α-hetero) is 1. The Morgan fingerprint density at radius 2 is 1.92 bits per heavy atom. The van der Waals surface area contributed by atoms with Gasteiger partial charge >= 0.3 is 5.97 Å². The highest BCUT2D eigenvalue weighted by molar-refractivity contribution is 6.07. The summed E-state index contributed by atoms with van der Waals surface area (Å²) >= 11 is 0. The van der Waals surface area contributed by atoms with Crippen molar-refractivity contribution in [3.05, 3.63) is 30.0 Å². The van der Waals surface area contributed by atoms with E-state index in [1.54, 1.807) is 27.8 Å². The summed E-state index contributed by atoms with van der Waals surface area (Å²) in [6, 6.07) is 4.77. The Morgan fingerprint density at radius 3 is 2.54 bits per heavy atom. The molecule has 1 aliphatic heterocycles. The van der Waals surface area contributed by atoms with Crippen LogP contribution in [0.2, 0.25) is 0 Å². The molecule has 7 nitrogen and oxygen atoms in total. The maximum absolute atomic E-state index is 12.7. The fourth-order valence-electron chi connectivity index (χ4n) is 3.47. The molecule has 1 fully saturated rings. The summed E-state index contributed by atoms with van der Waals surface area (Å²) in [5, 5.41) is 10.5. The maximum atomic E-state index is 12.7. The maximum Gasteiger partial charge on any atom is 0.308 e. The van der Waals surface area contributed by atoms with Crippen LogP contribution >= 0.6 is 0 Å². The van der Waals surface area contributed by atoms with Crippen molar-refractivity contribution in [1.82, 2.24) is 9.47 Å². The number of ether oxygens (including phenoxy) is 1. The van der Waals surface area contributed by atoms with Crippen LogP contribution in [0.25, 0.3) is 10.9 Å². The molecule has 1 aromatic carbocycles. The summed E-state index contributed by atoms with van der Waals surface area (Å²) < 4.78 is 6.46. The van der Waals surface area contributed by atoms with Gasteiger partial charge in [-0.2, -0.15) is 0 Å². The number of methoxy groups -OCH3 is 1. The second kappa shape index (κ2) is 7.19. The highest BCUT2D eigenvalue weighted by Crippen LogP contribution is 2.26. The highest BCUT2D eigenvalue weighted by atomic mass is 16.5. The van der Waals surface area contributed by atoms with Crippen molar-refractivity contribution >= 4 is 28.6 Å². The van der Waals surface area contributed by atoms with Crippen molar-refractivity contribution in [1.29, 1.82) is 0 Å². The van der Waals surface area contributed by atoms with E-state index in [2.05, 4.69) is 0 Å². The molecule has 2 aromatic rings. The van der Waals surface area contributed by atoms with Crippen LogP contribution in [0.5, 0.6) is 5.75 Å². The van der Waals surface area contributed by atoms with Gasteiger partial charge in [-0.25, -0.2) is 0 Å². The molecule has 0 aliphatic carbocycles. The summed E-state index contributed by atoms with van der Waals surface area (Å²) in [6.45, 7) is 2.56. The molecule has 138 valence electrons. The Labute approximate surface area is 151 Å². The summed E-state index contributed by atoms with van der Waals surface area (Å²) in [4.78, 5) is 37.8. The van der Waals surface area contributed by atoms with E-state index in [9.17, 15) is 19.5 Å². The number of fused-ring (bicyclic) bond motifs is 1. The van der Waals surface area contributed by atoms with E-state index >= 15 is 0 Å². The number of piperidine rings is 1. The molecule has 0 bridgehead atoms. The second-order valence-electron chi connectivity index (χ2n) is 6.61. The molecule has 1 amide bonds. The quantitative estimate of drug-likeness (QED) is 0.667. The smallest absolute Gasteiger partial charge is 0.308 e. The number of amides is 1. The first-order valence-electron chi connectivity index (χ1n) is 8.59. The van der Waals surface area contributed by atoms with Gasteiger partial charge in [0.1, 0.15) is 12.3 Å². The van der Waals surface area contributed by atoms with Crippen molar-refractivity contribution < 1.29 is 24.2 Å². The third-order valence-corrected chi connectivity index (χ3v) is 4.93. The van der Waals surface area contributed by atoms with Gasteiger partial charge in [-0.1, -0.05) is 0 Å². The number of hydrogen-bond acceptors (Lipinski definition) is 5. The number of nitrogens with zero attached hydrogens (tertiary/aromatic N) is 2. The number of phenolic OH excluding ortho intramolecular Hbond substituents is 1. The summed E-state index contributed by atoms with van der Waals surface area (Å²) in [5.74, 6) is -0.472. The summed E-state index contributed by atoms with van der Waals surface area (Å²) in [7, 11) is 1.37. The molecule has 1 aromatic heterocycles. The Kier molecular flexibility index (Phi) is 4.97. The van der Waals surface area contributed by atoms with Crippen LogP contribution in [-0.4, -0.2) is 52.4 Å². The number of hydrogen-bond donors (Lipinski definition) is 1. The van der Waals surface area contributed by atoms with E-state index in [-0.39, 0.29) is 35.9 Å². The molecule has 0 unspecified atom stereocenters. The summed E-state index contributed by atoms with van der Waals surface area (Å²) in [5.41, 5.74) is 1.17. The van der Waals surface area contributed by atoms with Crippen molar-refractivity contribution in [3.8, 4) is 5.75 Å². The molecular weight excluding hydrogens is 336 g/mol. The lowest BCUT2D eigenvalue weighted by Crippen LogP contribution is -2.41. The van der Waals surface area contributed by atoms with E-state index in [0.717, 1.165) is 0 Å². The minimum Gasteiger partial charge on any atom is -0.508 e. The number of benzene rings is 1. The predicted octanol–water partition coefficient (Wildman–Crippen LogP) is 1.96. The summed E-state index contributed by atoms with van der Waals surface area (Å²) in [6.07, 6.45) is 2.83. The monoisotopic (exact) mass is 358 g/mol. The van der Waals surface area contributed by atoms with Crippen LogP contribution in [0.4, 0.5) is 0 Å². The first-order chi connectivity index (χ1) is 12.4. The SMILES string of the molecule is COC(=O)C1CCN(C(=O)Cn2cc(C(C)=O)c3ccc(O)cc32)CC1. The van der Waals surface area contributed by atoms with Crippen LogP contribution in [0.3, 0.4) is 0 Å². The first kappa shape index (κ1) is 18.0. The van der Waals surface area contributed by atoms with E-state index in [4.69, 9.17) is 4.74 Å². The van der Waals surface area contributed by atoms with E-state index < -0.39 is 0 Å². The number of esters is 1. The average Bonchev–Trinajstić information content (AvgIpc) is 2.99. The standard InChI is InChI=1S/C19H22N2O5/c1-12(22)16-10-21(17-9-14(23)3-4-15(16)17)11-18(24)20-7-5-13(6-8-20)19(25)26-2/h3-4,9-10,13,23H,5-8,11H2,1-2H3.